The molecule has 2 aliphatic rings. The lowest BCUT2D eigenvalue weighted by molar-refractivity contribution is -0.114. The quantitative estimate of drug-likeness (QED) is 0.811. The van der Waals surface area contributed by atoms with Gasteiger partial charge >= 0.3 is 0 Å². The van der Waals surface area contributed by atoms with E-state index in [2.05, 4.69) is 0 Å². The maximum Gasteiger partial charge on any atom is 0.159 e. The molecule has 0 radical (unpaired) electrons. The molecule has 0 atom stereocenters. The Morgan fingerprint density at radius 3 is 2.32 bits per heavy atom. The van der Waals surface area contributed by atoms with Crippen molar-refractivity contribution in [3.05, 3.63) is 65.4 Å². The van der Waals surface area contributed by atoms with E-state index in [9.17, 15) is 4.79 Å². The molecule has 0 aliphatic carbocycles. The second-order valence-corrected chi connectivity index (χ2v) is 6.00. The van der Waals surface area contributed by atoms with Gasteiger partial charge < -0.3 is 14.2 Å². The van der Waals surface area contributed by atoms with Gasteiger partial charge in [-0.15, -0.1) is 0 Å². The van der Waals surface area contributed by atoms with Crippen molar-refractivity contribution in [1.29, 1.82) is 0 Å². The SMILES string of the molecule is CO/C1=C\C(=O)CCc2ccc(cc2)Oc2ccc(OC)c(c2)CC1. The summed E-state index contributed by atoms with van der Waals surface area (Å²) in [5.74, 6) is 3.10. The number of allylic oxidation sites excluding steroid dienone is 2. The van der Waals surface area contributed by atoms with E-state index in [1.807, 2.05) is 42.5 Å². The molecule has 0 saturated carbocycles. The molecule has 4 nitrogen and oxygen atoms in total. The summed E-state index contributed by atoms with van der Waals surface area (Å²) in [6.07, 6.45) is 4.11. The van der Waals surface area contributed by atoms with E-state index < -0.39 is 0 Å². The highest BCUT2D eigenvalue weighted by Gasteiger charge is 2.10. The summed E-state index contributed by atoms with van der Waals surface area (Å²) in [5.41, 5.74) is 2.13. The third kappa shape index (κ3) is 4.41. The first-order valence-corrected chi connectivity index (χ1v) is 8.39. The normalized spacial score (nSPS) is 16.9. The van der Waals surface area contributed by atoms with Crippen molar-refractivity contribution in [3.8, 4) is 17.2 Å². The van der Waals surface area contributed by atoms with Gasteiger partial charge in [0.25, 0.3) is 0 Å². The van der Waals surface area contributed by atoms with Crippen molar-refractivity contribution in [1.82, 2.24) is 0 Å². The molecule has 0 aromatic heterocycles. The molecule has 4 bridgehead atoms. The van der Waals surface area contributed by atoms with Crippen LogP contribution in [0.1, 0.15) is 24.0 Å². The molecule has 0 saturated heterocycles. The Bertz CT molecular complexity index is 775. The highest BCUT2D eigenvalue weighted by molar-refractivity contribution is 5.90. The van der Waals surface area contributed by atoms with Crippen LogP contribution in [0.4, 0.5) is 0 Å². The van der Waals surface area contributed by atoms with Crippen molar-refractivity contribution in [2.45, 2.75) is 25.7 Å². The minimum absolute atomic E-state index is 0.0766. The highest BCUT2D eigenvalue weighted by atomic mass is 16.5. The molecule has 4 rings (SSSR count). The zero-order chi connectivity index (χ0) is 17.6. The summed E-state index contributed by atoms with van der Waals surface area (Å²) in [7, 11) is 3.25. The molecule has 2 heterocycles. The average Bonchev–Trinajstić information content (AvgIpc) is 2.64. The Kier molecular flexibility index (Phi) is 5.39. The van der Waals surface area contributed by atoms with Gasteiger partial charge in [0.2, 0.25) is 0 Å². The molecular formula is C21H22O4. The Balaban J connectivity index is 1.97. The van der Waals surface area contributed by atoms with Crippen LogP contribution in [0.15, 0.2) is 54.3 Å². The Hall–Kier alpha value is -2.75. The summed E-state index contributed by atoms with van der Waals surface area (Å²) in [4.78, 5) is 12.2. The number of hydrogen-bond acceptors (Lipinski definition) is 4. The number of rotatable bonds is 2. The number of fused-ring (bicyclic) bond motifs is 7. The minimum Gasteiger partial charge on any atom is -0.501 e. The van der Waals surface area contributed by atoms with Crippen LogP contribution in [0.5, 0.6) is 17.2 Å². The monoisotopic (exact) mass is 338 g/mol. The Morgan fingerprint density at radius 2 is 1.60 bits per heavy atom. The number of carbonyl (C=O) groups excluding carboxylic acids is 1. The van der Waals surface area contributed by atoms with Crippen LogP contribution in [-0.2, 0) is 22.4 Å². The van der Waals surface area contributed by atoms with Crippen molar-refractivity contribution >= 4 is 5.78 Å². The first-order chi connectivity index (χ1) is 12.2. The molecule has 25 heavy (non-hydrogen) atoms. The average molecular weight is 338 g/mol. The van der Waals surface area contributed by atoms with Gasteiger partial charge in [0.05, 0.1) is 20.0 Å². The van der Waals surface area contributed by atoms with Gasteiger partial charge in [-0.1, -0.05) is 12.1 Å². The highest BCUT2D eigenvalue weighted by Crippen LogP contribution is 2.29. The molecule has 2 aliphatic heterocycles. The molecule has 2 aromatic rings. The molecule has 130 valence electrons. The Morgan fingerprint density at radius 1 is 0.840 bits per heavy atom. The van der Waals surface area contributed by atoms with Crippen molar-refractivity contribution < 1.29 is 19.0 Å². The van der Waals surface area contributed by atoms with Crippen LogP contribution < -0.4 is 9.47 Å². The third-order valence-corrected chi connectivity index (χ3v) is 4.30. The first-order valence-electron chi connectivity index (χ1n) is 8.39. The van der Waals surface area contributed by atoms with Crippen LogP contribution in [0, 0.1) is 0 Å². The van der Waals surface area contributed by atoms with E-state index in [1.165, 1.54) is 0 Å². The van der Waals surface area contributed by atoms with E-state index in [0.717, 1.165) is 28.4 Å². The second kappa shape index (κ2) is 7.88. The summed E-state index contributed by atoms with van der Waals surface area (Å²) in [6.45, 7) is 0. The number of ether oxygens (including phenoxy) is 3. The van der Waals surface area contributed by atoms with E-state index >= 15 is 0 Å². The third-order valence-electron chi connectivity index (χ3n) is 4.30. The number of hydrogen-bond donors (Lipinski definition) is 0. The molecule has 2 aromatic carbocycles. The smallest absolute Gasteiger partial charge is 0.159 e. The maximum atomic E-state index is 12.2. The molecule has 0 fully saturated rings. The zero-order valence-corrected chi connectivity index (χ0v) is 14.6. The summed E-state index contributed by atoms with van der Waals surface area (Å²) >= 11 is 0. The summed E-state index contributed by atoms with van der Waals surface area (Å²) < 4.78 is 16.8. The van der Waals surface area contributed by atoms with E-state index in [-0.39, 0.29) is 5.78 Å². The van der Waals surface area contributed by atoms with Crippen LogP contribution in [0.25, 0.3) is 0 Å². The molecule has 0 unspecified atom stereocenters. The lowest BCUT2D eigenvalue weighted by Crippen LogP contribution is -2.01. The molecule has 0 amide bonds. The van der Waals surface area contributed by atoms with Crippen molar-refractivity contribution in [2.24, 2.45) is 0 Å². The summed E-state index contributed by atoms with van der Waals surface area (Å²) in [5, 5.41) is 0. The van der Waals surface area contributed by atoms with Crippen molar-refractivity contribution in [3.63, 3.8) is 0 Å². The van der Waals surface area contributed by atoms with Crippen LogP contribution >= 0.6 is 0 Å². The number of aryl methyl sites for hydroxylation is 2. The Labute approximate surface area is 148 Å². The number of ketones is 1. The van der Waals surface area contributed by atoms with Gasteiger partial charge in [0.15, 0.2) is 5.78 Å². The van der Waals surface area contributed by atoms with Crippen LogP contribution in [0.3, 0.4) is 0 Å². The number of methoxy groups -OCH3 is 2. The zero-order valence-electron chi connectivity index (χ0n) is 14.6. The van der Waals surface area contributed by atoms with Crippen LogP contribution in [-0.4, -0.2) is 20.0 Å². The molecule has 0 N–H and O–H groups in total. The molecule has 0 spiro atoms. The van der Waals surface area contributed by atoms with Gasteiger partial charge in [-0.3, -0.25) is 4.79 Å². The second-order valence-electron chi connectivity index (χ2n) is 6.00. The van der Waals surface area contributed by atoms with E-state index in [1.54, 1.807) is 20.3 Å². The predicted molar refractivity (Wildman–Crippen MR) is 96.3 cm³/mol. The lowest BCUT2D eigenvalue weighted by atomic mass is 10.0. The fourth-order valence-electron chi connectivity index (χ4n) is 2.88. The molecule has 4 heteroatoms. The van der Waals surface area contributed by atoms with Gasteiger partial charge in [0, 0.05) is 18.9 Å². The standard InChI is InChI=1S/C21H22O4/c1-23-19-10-6-16-13-20(11-12-21(16)24-2)25-18-8-4-15(5-9-18)3-7-17(22)14-19/h4-5,8-9,11-14H,3,6-7,10H2,1-2H3/b19-14-. The minimum atomic E-state index is 0.0766. The van der Waals surface area contributed by atoms with Gasteiger partial charge in [0.1, 0.15) is 17.2 Å². The fraction of sp³-hybridized carbons (Fsp3) is 0.286. The number of benzene rings is 2. The lowest BCUT2D eigenvalue weighted by Gasteiger charge is -2.12. The predicted octanol–water partition coefficient (Wildman–Crippen LogP) is 4.47. The van der Waals surface area contributed by atoms with E-state index in [0.29, 0.717) is 31.4 Å². The van der Waals surface area contributed by atoms with Crippen molar-refractivity contribution in [2.75, 3.05) is 14.2 Å². The number of carbonyl (C=O) groups is 1. The fourth-order valence-corrected chi connectivity index (χ4v) is 2.88. The van der Waals surface area contributed by atoms with Gasteiger partial charge in [-0.25, -0.2) is 0 Å². The van der Waals surface area contributed by atoms with Crippen LogP contribution in [0.2, 0.25) is 0 Å². The first kappa shape index (κ1) is 17.1. The van der Waals surface area contributed by atoms with Gasteiger partial charge in [-0.05, 0) is 54.3 Å². The maximum absolute atomic E-state index is 12.2. The molecular weight excluding hydrogens is 316 g/mol. The largest absolute Gasteiger partial charge is 0.501 e. The topological polar surface area (TPSA) is 44.8 Å². The van der Waals surface area contributed by atoms with E-state index in [4.69, 9.17) is 14.2 Å². The summed E-state index contributed by atoms with van der Waals surface area (Å²) in [6, 6.07) is 13.6. The van der Waals surface area contributed by atoms with Gasteiger partial charge in [-0.2, -0.15) is 0 Å².